The molecule has 0 saturated carbocycles. The lowest BCUT2D eigenvalue weighted by atomic mass is 10.0. The number of likely N-dealkylation sites (N-methyl/N-ethyl adjacent to an activating group) is 1. The summed E-state index contributed by atoms with van der Waals surface area (Å²) in [5.74, 6) is -0.795. The van der Waals surface area contributed by atoms with Gasteiger partial charge in [-0.1, -0.05) is 354 Å². The fourth-order valence-electron chi connectivity index (χ4n) is 10.8. The Balaban J connectivity index is 4.04. The van der Waals surface area contributed by atoms with Crippen LogP contribution in [0.25, 0.3) is 0 Å². The third-order valence-corrected chi connectivity index (χ3v) is 17.6. The van der Waals surface area contributed by atoms with Crippen molar-refractivity contribution in [3.05, 3.63) is 109 Å². The minimum atomic E-state index is -4.40. The zero-order chi connectivity index (χ0) is 66.2. The topological polar surface area (TPSA) is 108 Å². The first-order valence-corrected chi connectivity index (χ1v) is 39.6. The Labute approximate surface area is 563 Å². The Hall–Kier alpha value is -3.33. The van der Waals surface area contributed by atoms with Crippen LogP contribution in [-0.2, 0) is 32.7 Å². The number of carbonyl (C=O) groups excluding carboxylic acids is 2. The minimum absolute atomic E-state index is 0.0276. The molecule has 0 saturated heterocycles. The number of carbonyl (C=O) groups is 2. The Morgan fingerprint density at radius 2 is 0.626 bits per heavy atom. The van der Waals surface area contributed by atoms with Gasteiger partial charge in [-0.25, -0.2) is 4.57 Å². The monoisotopic (exact) mass is 1290 g/mol. The first-order chi connectivity index (χ1) is 44.5. The second-order valence-electron chi connectivity index (χ2n) is 26.7. The van der Waals surface area contributed by atoms with Gasteiger partial charge >= 0.3 is 19.8 Å². The van der Waals surface area contributed by atoms with Crippen LogP contribution in [-0.4, -0.2) is 74.9 Å². The Morgan fingerprint density at radius 1 is 0.352 bits per heavy atom. The van der Waals surface area contributed by atoms with Gasteiger partial charge < -0.3 is 18.9 Å². The molecule has 0 amide bonds. The van der Waals surface area contributed by atoms with Gasteiger partial charge in [0.2, 0.25) is 0 Å². The summed E-state index contributed by atoms with van der Waals surface area (Å²) < 4.78 is 34.8. The summed E-state index contributed by atoms with van der Waals surface area (Å²) in [6, 6.07) is 0. The number of unbranched alkanes of at least 4 members (excludes halogenated alkanes) is 38. The third kappa shape index (κ3) is 75.6. The molecule has 2 atom stereocenters. The van der Waals surface area contributed by atoms with Gasteiger partial charge in [-0.2, -0.15) is 0 Å². The predicted molar refractivity (Wildman–Crippen MR) is 395 cm³/mol. The number of phosphoric ester groups is 1. The molecule has 0 rings (SSSR count). The molecule has 0 aromatic carbocycles. The van der Waals surface area contributed by atoms with Crippen LogP contribution in [0.15, 0.2) is 109 Å². The Kier molecular flexibility index (Phi) is 68.4. The van der Waals surface area contributed by atoms with Gasteiger partial charge in [0.15, 0.2) is 6.10 Å². The molecule has 0 aliphatic carbocycles. The molecule has 2 unspecified atom stereocenters. The van der Waals surface area contributed by atoms with Crippen molar-refractivity contribution in [2.24, 2.45) is 0 Å². The molecule has 10 heteroatoms. The van der Waals surface area contributed by atoms with Crippen molar-refractivity contribution in [2.45, 2.75) is 347 Å². The van der Waals surface area contributed by atoms with E-state index in [-0.39, 0.29) is 32.0 Å². The van der Waals surface area contributed by atoms with Gasteiger partial charge in [0, 0.05) is 12.8 Å². The highest BCUT2D eigenvalue weighted by molar-refractivity contribution is 7.47. The number of nitrogens with zero attached hydrogens (tertiary/aromatic N) is 1. The van der Waals surface area contributed by atoms with Crippen LogP contribution in [0, 0.1) is 0 Å². The first-order valence-electron chi connectivity index (χ1n) is 38.1. The number of esters is 2. The van der Waals surface area contributed by atoms with Crippen molar-refractivity contribution in [3.8, 4) is 0 Å². The van der Waals surface area contributed by atoms with E-state index in [0.29, 0.717) is 17.4 Å². The van der Waals surface area contributed by atoms with Crippen LogP contribution < -0.4 is 0 Å². The summed E-state index contributed by atoms with van der Waals surface area (Å²) in [4.78, 5) is 35.9. The molecule has 0 radical (unpaired) electrons. The maximum absolute atomic E-state index is 12.9. The molecule has 9 nitrogen and oxygen atoms in total. The smallest absolute Gasteiger partial charge is 0.462 e. The van der Waals surface area contributed by atoms with Gasteiger partial charge in [0.1, 0.15) is 19.8 Å². The van der Waals surface area contributed by atoms with E-state index in [9.17, 15) is 19.0 Å². The number of quaternary nitrogens is 1. The summed E-state index contributed by atoms with van der Waals surface area (Å²) >= 11 is 0. The molecular formula is C81H145NO8P+. The lowest BCUT2D eigenvalue weighted by Crippen LogP contribution is -2.37. The molecule has 0 aliphatic rings. The zero-order valence-corrected chi connectivity index (χ0v) is 61.0. The first kappa shape index (κ1) is 87.7. The van der Waals surface area contributed by atoms with Crippen molar-refractivity contribution in [1.29, 1.82) is 0 Å². The second kappa shape index (κ2) is 71.0. The number of hydrogen-bond acceptors (Lipinski definition) is 7. The third-order valence-electron chi connectivity index (χ3n) is 16.6. The summed E-state index contributed by atoms with van der Waals surface area (Å²) in [6.07, 6.45) is 101. The van der Waals surface area contributed by atoms with E-state index in [2.05, 4.69) is 123 Å². The summed E-state index contributed by atoms with van der Waals surface area (Å²) in [6.45, 7) is 4.36. The molecule has 526 valence electrons. The normalized spacial score (nSPS) is 13.7. The number of phosphoric acid groups is 1. The molecule has 0 bridgehead atoms. The highest BCUT2D eigenvalue weighted by atomic mass is 31.2. The van der Waals surface area contributed by atoms with Crippen molar-refractivity contribution in [2.75, 3.05) is 47.5 Å². The van der Waals surface area contributed by atoms with Gasteiger partial charge in [-0.15, -0.1) is 0 Å². The van der Waals surface area contributed by atoms with Crippen LogP contribution >= 0.6 is 7.82 Å². The average molecular weight is 1290 g/mol. The SMILES string of the molecule is CC/C=C\C/C=C\C/C=C\C/C=C\C/C=C\C/C=C\C/C=C\C/C=C\C/C=C\CCCCCCCCCCCC(=O)OC(COC(=O)CCCCCCCCCCCCCCCCCCCCCCCCCCCCCCCC)COP(=O)(O)OCC[N+](C)(C)C. The van der Waals surface area contributed by atoms with Gasteiger partial charge in [0.05, 0.1) is 27.7 Å². The number of allylic oxidation sites excluding steroid dienone is 18. The molecule has 0 fully saturated rings. The highest BCUT2D eigenvalue weighted by Crippen LogP contribution is 2.43. The molecular weight excluding hydrogens is 1150 g/mol. The fourth-order valence-corrected chi connectivity index (χ4v) is 11.5. The summed E-state index contributed by atoms with van der Waals surface area (Å²) in [5, 5.41) is 0. The Morgan fingerprint density at radius 3 is 0.934 bits per heavy atom. The number of rotatable bonds is 70. The van der Waals surface area contributed by atoms with Gasteiger partial charge in [-0.05, 0) is 83.5 Å². The fraction of sp³-hybridized carbons (Fsp3) is 0.753. The maximum Gasteiger partial charge on any atom is 0.472 e. The zero-order valence-electron chi connectivity index (χ0n) is 60.1. The van der Waals surface area contributed by atoms with Crippen LogP contribution in [0.3, 0.4) is 0 Å². The standard InChI is InChI=1S/C81H144NO8P/c1-6-8-10-12-14-16-18-20-22-24-26-28-30-32-34-36-38-39-40-41-42-43-44-46-48-50-52-54-56-58-60-62-64-66-68-70-72-74-81(84)90-79(78-89-91(85,86)88-76-75-82(3,4)5)77-87-80(83)73-71-69-67-65-63-61-59-57-55-53-51-49-47-45-37-35-33-31-29-27-25-23-21-19-17-15-13-11-9-7-2/h8,10,14,16,20,22,26,28,32,34,38-39,41-42,44,46,50,52,79H,6-7,9,11-13,15,17-19,21,23-25,27,29-31,33,35-37,40,43,45,47-49,51,53-78H2,1-5H3/p+1/b10-8-,16-14-,22-20-,28-26-,34-32-,39-38-,42-41-,46-44-,52-50-. The number of ether oxygens (including phenoxy) is 2. The molecule has 0 aliphatic heterocycles. The largest absolute Gasteiger partial charge is 0.472 e. The van der Waals surface area contributed by atoms with Crippen molar-refractivity contribution >= 4 is 19.8 Å². The second-order valence-corrected chi connectivity index (χ2v) is 28.1. The Bertz CT molecular complexity index is 1910. The van der Waals surface area contributed by atoms with Crippen LogP contribution in [0.4, 0.5) is 0 Å². The molecule has 1 N–H and O–H groups in total. The molecule has 91 heavy (non-hydrogen) atoms. The molecule has 0 aromatic rings. The lowest BCUT2D eigenvalue weighted by Gasteiger charge is -2.24. The van der Waals surface area contributed by atoms with E-state index in [1.54, 1.807) is 0 Å². The minimum Gasteiger partial charge on any atom is -0.462 e. The van der Waals surface area contributed by atoms with Crippen molar-refractivity contribution in [1.82, 2.24) is 0 Å². The van der Waals surface area contributed by atoms with E-state index in [4.69, 9.17) is 18.5 Å². The lowest BCUT2D eigenvalue weighted by molar-refractivity contribution is -0.870. The van der Waals surface area contributed by atoms with E-state index in [1.165, 1.54) is 205 Å². The average Bonchev–Trinajstić information content (AvgIpc) is 3.69. The van der Waals surface area contributed by atoms with Crippen LogP contribution in [0.5, 0.6) is 0 Å². The number of hydrogen-bond donors (Lipinski definition) is 1. The van der Waals surface area contributed by atoms with Gasteiger partial charge in [0.25, 0.3) is 0 Å². The van der Waals surface area contributed by atoms with E-state index in [1.807, 2.05) is 21.1 Å². The molecule has 0 aromatic heterocycles. The summed E-state index contributed by atoms with van der Waals surface area (Å²) in [7, 11) is 1.47. The van der Waals surface area contributed by atoms with Crippen molar-refractivity contribution < 1.29 is 42.1 Å². The molecule has 0 heterocycles. The van der Waals surface area contributed by atoms with Gasteiger partial charge in [-0.3, -0.25) is 18.6 Å². The maximum atomic E-state index is 12.9. The van der Waals surface area contributed by atoms with Crippen LogP contribution in [0.2, 0.25) is 0 Å². The van der Waals surface area contributed by atoms with Crippen molar-refractivity contribution in [3.63, 3.8) is 0 Å². The van der Waals surface area contributed by atoms with E-state index in [0.717, 1.165) is 103 Å². The van der Waals surface area contributed by atoms with E-state index >= 15 is 0 Å². The summed E-state index contributed by atoms with van der Waals surface area (Å²) in [5.41, 5.74) is 0. The quantitative estimate of drug-likeness (QED) is 0.0211. The van der Waals surface area contributed by atoms with E-state index < -0.39 is 26.5 Å². The predicted octanol–water partition coefficient (Wildman–Crippen LogP) is 25.2. The highest BCUT2D eigenvalue weighted by Gasteiger charge is 2.27. The van der Waals surface area contributed by atoms with Crippen LogP contribution in [0.1, 0.15) is 341 Å². The molecule has 0 spiro atoms.